The average Bonchev–Trinajstić information content (AvgIpc) is 2.93. The summed E-state index contributed by atoms with van der Waals surface area (Å²) in [5.41, 5.74) is 1.65. The first-order valence-electron chi connectivity index (χ1n) is 5.47. The Kier molecular flexibility index (Phi) is 2.12. The van der Waals surface area contributed by atoms with Crippen LogP contribution in [0.2, 0.25) is 0 Å². The summed E-state index contributed by atoms with van der Waals surface area (Å²) < 4.78 is 0. The number of hydrogen-bond acceptors (Lipinski definition) is 2. The van der Waals surface area contributed by atoms with Gasteiger partial charge >= 0.3 is 0 Å². The van der Waals surface area contributed by atoms with E-state index in [4.69, 9.17) is 6.42 Å². The molecule has 17 heavy (non-hydrogen) atoms. The molecule has 4 heteroatoms. The Bertz CT molecular complexity index is 623. The van der Waals surface area contributed by atoms with E-state index >= 15 is 0 Å². The fraction of sp³-hybridized carbons (Fsp3) is 0.231. The lowest BCUT2D eigenvalue weighted by Crippen LogP contribution is -2.24. The fourth-order valence-corrected chi connectivity index (χ4v) is 2.14. The van der Waals surface area contributed by atoms with Crippen molar-refractivity contribution in [3.63, 3.8) is 0 Å². The minimum absolute atomic E-state index is 0.0180. The summed E-state index contributed by atoms with van der Waals surface area (Å²) in [4.78, 5) is 20.8. The average molecular weight is 225 g/mol. The van der Waals surface area contributed by atoms with Crippen molar-refractivity contribution in [2.45, 2.75) is 6.42 Å². The Labute approximate surface area is 98.6 Å². The molecular formula is C13H11N3O. The molecule has 84 valence electrons. The molecule has 4 nitrogen and oxygen atoms in total. The van der Waals surface area contributed by atoms with E-state index in [2.05, 4.69) is 15.9 Å². The quantitative estimate of drug-likeness (QED) is 0.748. The van der Waals surface area contributed by atoms with Gasteiger partial charge in [-0.15, -0.1) is 12.3 Å². The molecule has 1 fully saturated rings. The molecule has 1 N–H and O–H groups in total. The summed E-state index contributed by atoms with van der Waals surface area (Å²) in [5.74, 6) is 2.73. The molecule has 1 unspecified atom stereocenters. The zero-order valence-electron chi connectivity index (χ0n) is 9.18. The number of carbonyl (C=O) groups excluding carboxylic acids is 1. The van der Waals surface area contributed by atoms with Gasteiger partial charge in [-0.2, -0.15) is 0 Å². The van der Waals surface area contributed by atoms with Crippen LogP contribution in [-0.2, 0) is 4.79 Å². The van der Waals surface area contributed by atoms with Crippen LogP contribution in [0.3, 0.4) is 0 Å². The van der Waals surface area contributed by atoms with Crippen molar-refractivity contribution in [3.8, 4) is 12.3 Å². The first-order chi connectivity index (χ1) is 8.28. The molecule has 1 amide bonds. The van der Waals surface area contributed by atoms with E-state index in [1.807, 2.05) is 18.3 Å². The Morgan fingerprint density at radius 3 is 3.24 bits per heavy atom. The molecule has 1 atom stereocenters. The van der Waals surface area contributed by atoms with Gasteiger partial charge in [-0.25, -0.2) is 4.98 Å². The predicted octanol–water partition coefficient (Wildman–Crippen LogP) is 1.55. The highest BCUT2D eigenvalue weighted by molar-refractivity contribution is 5.97. The van der Waals surface area contributed by atoms with E-state index < -0.39 is 0 Å². The third-order valence-corrected chi connectivity index (χ3v) is 3.06. The van der Waals surface area contributed by atoms with Gasteiger partial charge in [0.25, 0.3) is 0 Å². The van der Waals surface area contributed by atoms with E-state index in [0.29, 0.717) is 13.0 Å². The summed E-state index contributed by atoms with van der Waals surface area (Å²) in [6.45, 7) is 0.590. The Morgan fingerprint density at radius 1 is 1.59 bits per heavy atom. The van der Waals surface area contributed by atoms with Crippen molar-refractivity contribution in [1.82, 2.24) is 9.97 Å². The molecule has 0 radical (unpaired) electrons. The maximum absolute atomic E-state index is 11.8. The van der Waals surface area contributed by atoms with Crippen molar-refractivity contribution in [3.05, 3.63) is 24.5 Å². The molecular weight excluding hydrogens is 214 g/mol. The highest BCUT2D eigenvalue weighted by Gasteiger charge is 2.29. The molecule has 3 heterocycles. The number of H-pyrrole nitrogens is 1. The van der Waals surface area contributed by atoms with Crippen molar-refractivity contribution in [1.29, 1.82) is 0 Å². The van der Waals surface area contributed by atoms with E-state index in [-0.39, 0.29) is 11.8 Å². The van der Waals surface area contributed by atoms with E-state index in [1.165, 1.54) is 0 Å². The maximum Gasteiger partial charge on any atom is 0.228 e. The second kappa shape index (κ2) is 3.63. The minimum Gasteiger partial charge on any atom is -0.346 e. The zero-order chi connectivity index (χ0) is 11.8. The third-order valence-electron chi connectivity index (χ3n) is 3.06. The zero-order valence-corrected chi connectivity index (χ0v) is 9.18. The summed E-state index contributed by atoms with van der Waals surface area (Å²) in [7, 11) is 0. The van der Waals surface area contributed by atoms with Crippen molar-refractivity contribution < 1.29 is 4.79 Å². The SMILES string of the molecule is C#CC1CC(=O)N(c2cnc3[nH]ccc3c2)C1. The van der Waals surface area contributed by atoms with Crippen LogP contribution in [0, 0.1) is 18.3 Å². The van der Waals surface area contributed by atoms with Crippen LogP contribution >= 0.6 is 0 Å². The van der Waals surface area contributed by atoms with Crippen molar-refractivity contribution >= 4 is 22.6 Å². The molecule has 1 saturated heterocycles. The van der Waals surface area contributed by atoms with Crippen LogP contribution in [0.1, 0.15) is 6.42 Å². The summed E-state index contributed by atoms with van der Waals surface area (Å²) in [6.07, 6.45) is 9.33. The fourth-order valence-electron chi connectivity index (χ4n) is 2.14. The van der Waals surface area contributed by atoms with Gasteiger partial charge in [0.2, 0.25) is 5.91 Å². The van der Waals surface area contributed by atoms with Crippen LogP contribution in [0.15, 0.2) is 24.5 Å². The summed E-state index contributed by atoms with van der Waals surface area (Å²) >= 11 is 0. The van der Waals surface area contributed by atoms with Gasteiger partial charge in [-0.1, -0.05) is 0 Å². The Hall–Kier alpha value is -2.28. The number of terminal acetylenes is 1. The lowest BCUT2D eigenvalue weighted by Gasteiger charge is -2.15. The molecule has 1 aliphatic rings. The lowest BCUT2D eigenvalue weighted by atomic mass is 10.1. The maximum atomic E-state index is 11.8. The Balaban J connectivity index is 1.98. The van der Waals surface area contributed by atoms with Crippen molar-refractivity contribution in [2.24, 2.45) is 5.92 Å². The standard InChI is InChI=1S/C13H11N3O/c1-2-9-5-12(17)16(8-9)11-6-10-3-4-14-13(10)15-7-11/h1,3-4,6-7,9H,5,8H2,(H,14,15). The van der Waals surface area contributed by atoms with Gasteiger partial charge < -0.3 is 9.88 Å². The summed E-state index contributed by atoms with van der Waals surface area (Å²) in [6, 6.07) is 3.89. The smallest absolute Gasteiger partial charge is 0.228 e. The molecule has 2 aromatic heterocycles. The number of pyridine rings is 1. The van der Waals surface area contributed by atoms with Crippen molar-refractivity contribution in [2.75, 3.05) is 11.4 Å². The second-order valence-electron chi connectivity index (χ2n) is 4.18. The van der Waals surface area contributed by atoms with Gasteiger partial charge in [0, 0.05) is 30.5 Å². The van der Waals surface area contributed by atoms with Crippen LogP contribution in [0.25, 0.3) is 11.0 Å². The minimum atomic E-state index is 0.0180. The number of nitrogens with one attached hydrogen (secondary N) is 1. The number of anilines is 1. The van der Waals surface area contributed by atoms with Crippen LogP contribution in [-0.4, -0.2) is 22.4 Å². The number of aromatic amines is 1. The van der Waals surface area contributed by atoms with E-state index in [1.54, 1.807) is 11.1 Å². The molecule has 0 spiro atoms. The monoisotopic (exact) mass is 225 g/mol. The molecule has 0 aliphatic carbocycles. The normalized spacial score (nSPS) is 19.8. The van der Waals surface area contributed by atoms with E-state index in [9.17, 15) is 4.79 Å². The first kappa shape index (κ1) is 9.91. The summed E-state index contributed by atoms with van der Waals surface area (Å²) in [5, 5.41) is 0.999. The van der Waals surface area contributed by atoms with Crippen LogP contribution in [0.4, 0.5) is 5.69 Å². The second-order valence-corrected chi connectivity index (χ2v) is 4.18. The van der Waals surface area contributed by atoms with E-state index in [0.717, 1.165) is 16.7 Å². The molecule has 0 saturated carbocycles. The van der Waals surface area contributed by atoms with Gasteiger partial charge in [0.15, 0.2) is 0 Å². The number of hydrogen-bond donors (Lipinski definition) is 1. The number of amides is 1. The molecule has 2 aromatic rings. The third kappa shape index (κ3) is 1.56. The molecule has 0 aromatic carbocycles. The van der Waals surface area contributed by atoms with Gasteiger partial charge in [-0.3, -0.25) is 4.79 Å². The van der Waals surface area contributed by atoms with Crippen LogP contribution in [0.5, 0.6) is 0 Å². The highest BCUT2D eigenvalue weighted by Crippen LogP contribution is 2.26. The van der Waals surface area contributed by atoms with Gasteiger partial charge in [-0.05, 0) is 12.1 Å². The largest absolute Gasteiger partial charge is 0.346 e. The molecule has 1 aliphatic heterocycles. The predicted molar refractivity (Wildman–Crippen MR) is 65.4 cm³/mol. The lowest BCUT2D eigenvalue weighted by molar-refractivity contribution is -0.117. The number of aromatic nitrogens is 2. The first-order valence-corrected chi connectivity index (χ1v) is 5.47. The molecule has 3 rings (SSSR count). The molecule has 0 bridgehead atoms. The number of rotatable bonds is 1. The number of carbonyl (C=O) groups is 1. The Morgan fingerprint density at radius 2 is 2.47 bits per heavy atom. The highest BCUT2D eigenvalue weighted by atomic mass is 16.2. The van der Waals surface area contributed by atoms with Gasteiger partial charge in [0.05, 0.1) is 11.9 Å². The number of fused-ring (bicyclic) bond motifs is 1. The topological polar surface area (TPSA) is 49.0 Å². The van der Waals surface area contributed by atoms with Crippen LogP contribution < -0.4 is 4.90 Å². The number of nitrogens with zero attached hydrogens (tertiary/aromatic N) is 2. The van der Waals surface area contributed by atoms with Gasteiger partial charge in [0.1, 0.15) is 5.65 Å².